The first-order valence-electron chi connectivity index (χ1n) is 6.99. The van der Waals surface area contributed by atoms with Crippen molar-refractivity contribution in [2.75, 3.05) is 39.3 Å². The lowest BCUT2D eigenvalue weighted by atomic mass is 10.0. The molecule has 2 aliphatic rings. The summed E-state index contributed by atoms with van der Waals surface area (Å²) in [5.74, 6) is 0. The Labute approximate surface area is 100 Å². The Kier molecular flexibility index (Phi) is 4.62. The molecule has 0 aromatic rings. The van der Waals surface area contributed by atoms with Gasteiger partial charge in [-0.1, -0.05) is 6.92 Å². The summed E-state index contributed by atoms with van der Waals surface area (Å²) in [7, 11) is 0. The van der Waals surface area contributed by atoms with Gasteiger partial charge in [0.1, 0.15) is 0 Å². The molecule has 0 radical (unpaired) electrons. The van der Waals surface area contributed by atoms with E-state index in [-0.39, 0.29) is 0 Å². The zero-order valence-corrected chi connectivity index (χ0v) is 10.9. The number of rotatable bonds is 3. The van der Waals surface area contributed by atoms with Crippen LogP contribution in [-0.2, 0) is 0 Å². The van der Waals surface area contributed by atoms with Crippen molar-refractivity contribution in [3.8, 4) is 0 Å². The number of hydrogen-bond acceptors (Lipinski definition) is 3. The molecule has 16 heavy (non-hydrogen) atoms. The van der Waals surface area contributed by atoms with E-state index in [0.717, 1.165) is 6.04 Å². The molecule has 1 atom stereocenters. The lowest BCUT2D eigenvalue weighted by Gasteiger charge is -2.42. The van der Waals surface area contributed by atoms with Gasteiger partial charge in [-0.25, -0.2) is 0 Å². The fourth-order valence-electron chi connectivity index (χ4n) is 3.12. The molecule has 2 heterocycles. The maximum atomic E-state index is 3.53. The van der Waals surface area contributed by atoms with Gasteiger partial charge in [0, 0.05) is 31.7 Å². The normalized spacial score (nSPS) is 30.8. The van der Waals surface area contributed by atoms with Crippen molar-refractivity contribution in [3.05, 3.63) is 0 Å². The number of nitrogens with one attached hydrogen (secondary N) is 1. The molecule has 2 aliphatic heterocycles. The van der Waals surface area contributed by atoms with E-state index in [4.69, 9.17) is 0 Å². The molecule has 2 rings (SSSR count). The van der Waals surface area contributed by atoms with Gasteiger partial charge in [-0.3, -0.25) is 4.90 Å². The fourth-order valence-corrected chi connectivity index (χ4v) is 3.12. The minimum Gasteiger partial charge on any atom is -0.312 e. The van der Waals surface area contributed by atoms with E-state index < -0.39 is 0 Å². The minimum atomic E-state index is 0.683. The van der Waals surface area contributed by atoms with E-state index in [0.29, 0.717) is 6.04 Å². The predicted molar refractivity (Wildman–Crippen MR) is 68.8 cm³/mol. The van der Waals surface area contributed by atoms with Gasteiger partial charge >= 0.3 is 0 Å². The van der Waals surface area contributed by atoms with E-state index in [1.807, 2.05) is 0 Å². The molecule has 1 N–H and O–H groups in total. The summed E-state index contributed by atoms with van der Waals surface area (Å²) in [6.07, 6.45) is 4.06. The van der Waals surface area contributed by atoms with Gasteiger partial charge in [0.15, 0.2) is 0 Å². The molecule has 0 aliphatic carbocycles. The van der Waals surface area contributed by atoms with Crippen molar-refractivity contribution in [2.45, 2.75) is 45.2 Å². The predicted octanol–water partition coefficient (Wildman–Crippen LogP) is 1.15. The minimum absolute atomic E-state index is 0.683. The number of likely N-dealkylation sites (tertiary alicyclic amines) is 1. The highest BCUT2D eigenvalue weighted by molar-refractivity contribution is 4.84. The van der Waals surface area contributed by atoms with E-state index in [9.17, 15) is 0 Å². The van der Waals surface area contributed by atoms with Gasteiger partial charge in [0.25, 0.3) is 0 Å². The summed E-state index contributed by atoms with van der Waals surface area (Å²) in [4.78, 5) is 5.34. The summed E-state index contributed by atoms with van der Waals surface area (Å²) in [6, 6.07) is 1.54. The Balaban J connectivity index is 1.75. The number of hydrogen-bond donors (Lipinski definition) is 1. The second-order valence-corrected chi connectivity index (χ2v) is 5.42. The van der Waals surface area contributed by atoms with Crippen molar-refractivity contribution in [1.29, 1.82) is 0 Å². The molecule has 3 nitrogen and oxygen atoms in total. The molecule has 94 valence electrons. The second-order valence-electron chi connectivity index (χ2n) is 5.42. The monoisotopic (exact) mass is 225 g/mol. The van der Waals surface area contributed by atoms with Crippen LogP contribution in [0, 0.1) is 0 Å². The Morgan fingerprint density at radius 3 is 2.56 bits per heavy atom. The van der Waals surface area contributed by atoms with E-state index in [1.54, 1.807) is 0 Å². The van der Waals surface area contributed by atoms with Crippen molar-refractivity contribution in [1.82, 2.24) is 15.1 Å². The van der Waals surface area contributed by atoms with Crippen LogP contribution in [0.3, 0.4) is 0 Å². The van der Waals surface area contributed by atoms with Crippen LogP contribution in [0.2, 0.25) is 0 Å². The Morgan fingerprint density at radius 2 is 1.94 bits per heavy atom. The van der Waals surface area contributed by atoms with Crippen LogP contribution in [0.25, 0.3) is 0 Å². The molecule has 3 heteroatoms. The lowest BCUT2D eigenvalue weighted by Crippen LogP contribution is -2.55. The average molecular weight is 225 g/mol. The fraction of sp³-hybridized carbons (Fsp3) is 1.00. The zero-order chi connectivity index (χ0) is 11.4. The number of piperidine rings is 1. The molecule has 2 fully saturated rings. The van der Waals surface area contributed by atoms with Gasteiger partial charge in [-0.15, -0.1) is 0 Å². The van der Waals surface area contributed by atoms with Crippen LogP contribution in [-0.4, -0.2) is 61.2 Å². The smallest absolute Gasteiger partial charge is 0.0167 e. The summed E-state index contributed by atoms with van der Waals surface area (Å²) < 4.78 is 0. The highest BCUT2D eigenvalue weighted by Gasteiger charge is 2.26. The standard InChI is InChI=1S/C13H27N3/c1-3-7-15-8-4-13(5-9-15)16-10-6-14-12(2)11-16/h12-14H,3-11H2,1-2H3. The third-order valence-electron chi connectivity index (χ3n) is 4.01. The van der Waals surface area contributed by atoms with Crippen LogP contribution in [0.1, 0.15) is 33.1 Å². The van der Waals surface area contributed by atoms with Crippen molar-refractivity contribution < 1.29 is 0 Å². The van der Waals surface area contributed by atoms with Gasteiger partial charge in [0.05, 0.1) is 0 Å². The molecule has 1 unspecified atom stereocenters. The highest BCUT2D eigenvalue weighted by atomic mass is 15.2. The molecule has 0 saturated carbocycles. The van der Waals surface area contributed by atoms with E-state index in [2.05, 4.69) is 29.0 Å². The Bertz CT molecular complexity index is 199. The third kappa shape index (κ3) is 3.19. The molecule has 0 aromatic heterocycles. The topological polar surface area (TPSA) is 18.5 Å². The maximum Gasteiger partial charge on any atom is 0.0167 e. The Hall–Kier alpha value is -0.120. The van der Waals surface area contributed by atoms with Gasteiger partial charge in [-0.05, 0) is 45.8 Å². The third-order valence-corrected chi connectivity index (χ3v) is 4.01. The van der Waals surface area contributed by atoms with Gasteiger partial charge in [-0.2, -0.15) is 0 Å². The van der Waals surface area contributed by atoms with Gasteiger partial charge in [0.2, 0.25) is 0 Å². The summed E-state index contributed by atoms with van der Waals surface area (Å²) >= 11 is 0. The average Bonchev–Trinajstić information content (AvgIpc) is 2.30. The zero-order valence-electron chi connectivity index (χ0n) is 10.9. The van der Waals surface area contributed by atoms with Gasteiger partial charge < -0.3 is 10.2 Å². The van der Waals surface area contributed by atoms with Crippen molar-refractivity contribution in [2.24, 2.45) is 0 Å². The summed E-state index contributed by atoms with van der Waals surface area (Å²) in [5, 5.41) is 3.53. The quantitative estimate of drug-likeness (QED) is 0.777. The molecule has 0 amide bonds. The van der Waals surface area contributed by atoms with Crippen LogP contribution < -0.4 is 5.32 Å². The molecular weight excluding hydrogens is 198 g/mol. The molecular formula is C13H27N3. The van der Waals surface area contributed by atoms with Crippen LogP contribution in [0.15, 0.2) is 0 Å². The van der Waals surface area contributed by atoms with Crippen LogP contribution in [0.4, 0.5) is 0 Å². The largest absolute Gasteiger partial charge is 0.312 e. The van der Waals surface area contributed by atoms with E-state index in [1.165, 1.54) is 58.5 Å². The summed E-state index contributed by atoms with van der Waals surface area (Å²) in [6.45, 7) is 12.2. The molecule has 0 spiro atoms. The van der Waals surface area contributed by atoms with Crippen LogP contribution in [0.5, 0.6) is 0 Å². The van der Waals surface area contributed by atoms with E-state index >= 15 is 0 Å². The summed E-state index contributed by atoms with van der Waals surface area (Å²) in [5.41, 5.74) is 0. The molecule has 0 aromatic carbocycles. The van der Waals surface area contributed by atoms with Crippen molar-refractivity contribution >= 4 is 0 Å². The second kappa shape index (κ2) is 5.99. The number of piperazine rings is 1. The first-order chi connectivity index (χ1) is 7.79. The first-order valence-corrected chi connectivity index (χ1v) is 6.99. The number of nitrogens with zero attached hydrogens (tertiary/aromatic N) is 2. The first kappa shape index (κ1) is 12.3. The van der Waals surface area contributed by atoms with Crippen LogP contribution >= 0.6 is 0 Å². The highest BCUT2D eigenvalue weighted by Crippen LogP contribution is 2.18. The van der Waals surface area contributed by atoms with Crippen molar-refractivity contribution in [3.63, 3.8) is 0 Å². The molecule has 0 bridgehead atoms. The maximum absolute atomic E-state index is 3.53. The molecule has 2 saturated heterocycles. The SMILES string of the molecule is CCCN1CCC(N2CCNC(C)C2)CC1. The lowest BCUT2D eigenvalue weighted by molar-refractivity contribution is 0.0860. The Morgan fingerprint density at radius 1 is 1.19 bits per heavy atom.